The number of aromatic nitrogens is 2. The highest BCUT2D eigenvalue weighted by Crippen LogP contribution is 2.22. The summed E-state index contributed by atoms with van der Waals surface area (Å²) in [5, 5.41) is 13.2. The number of rotatable bonds is 5. The van der Waals surface area contributed by atoms with Crippen molar-refractivity contribution in [1.82, 2.24) is 9.55 Å². The van der Waals surface area contributed by atoms with E-state index in [0.717, 1.165) is 27.7 Å². The maximum atomic E-state index is 11.7. The molecule has 0 saturated heterocycles. The molecule has 0 saturated carbocycles. The molecule has 18 heavy (non-hydrogen) atoms. The largest absolute Gasteiger partial charge is 0.481 e. The Morgan fingerprint density at radius 2 is 2.22 bits per heavy atom. The summed E-state index contributed by atoms with van der Waals surface area (Å²) in [5.41, 5.74) is 1.56. The van der Waals surface area contributed by atoms with Crippen LogP contribution in [0.3, 0.4) is 0 Å². The summed E-state index contributed by atoms with van der Waals surface area (Å²) in [4.78, 5) is 26.5. The van der Waals surface area contributed by atoms with Crippen molar-refractivity contribution in [1.29, 1.82) is 0 Å². The lowest BCUT2D eigenvalue weighted by atomic mass is 10.3. The van der Waals surface area contributed by atoms with E-state index in [0.29, 0.717) is 13.0 Å². The van der Waals surface area contributed by atoms with Crippen molar-refractivity contribution < 1.29 is 9.90 Å². The van der Waals surface area contributed by atoms with Crippen LogP contribution in [0.4, 0.5) is 0 Å². The second kappa shape index (κ2) is 5.45. The average Bonchev–Trinajstić information content (AvgIpc) is 2.86. The van der Waals surface area contributed by atoms with Crippen molar-refractivity contribution in [3.63, 3.8) is 0 Å². The van der Waals surface area contributed by atoms with Gasteiger partial charge < -0.3 is 5.11 Å². The first kappa shape index (κ1) is 13.0. The standard InChI is InChI=1S/C11H12N2O3S2/c1-7-12-8(5-17-7)9-6-18-11(16)13(9)4-2-3-10(14)15/h5-6H,2-4H2,1H3,(H,14,15). The first-order valence-corrected chi connectivity index (χ1v) is 7.16. The second-order valence-corrected chi connectivity index (χ2v) is 5.67. The Bertz CT molecular complexity index is 612. The highest BCUT2D eigenvalue weighted by atomic mass is 32.1. The molecule has 0 aliphatic rings. The van der Waals surface area contributed by atoms with Gasteiger partial charge in [0.15, 0.2) is 0 Å². The Hall–Kier alpha value is -1.47. The SMILES string of the molecule is Cc1nc(-c2csc(=O)n2CCCC(=O)O)cs1. The van der Waals surface area contributed by atoms with E-state index in [4.69, 9.17) is 5.11 Å². The normalized spacial score (nSPS) is 10.7. The monoisotopic (exact) mass is 284 g/mol. The molecule has 0 atom stereocenters. The molecule has 5 nitrogen and oxygen atoms in total. The van der Waals surface area contributed by atoms with E-state index >= 15 is 0 Å². The van der Waals surface area contributed by atoms with Gasteiger partial charge in [0.2, 0.25) is 0 Å². The number of nitrogens with zero attached hydrogens (tertiary/aromatic N) is 2. The third kappa shape index (κ3) is 2.85. The van der Waals surface area contributed by atoms with Gasteiger partial charge in [-0.2, -0.15) is 0 Å². The quantitative estimate of drug-likeness (QED) is 0.913. The number of aryl methyl sites for hydroxylation is 1. The summed E-state index contributed by atoms with van der Waals surface area (Å²) in [6.45, 7) is 2.33. The Morgan fingerprint density at radius 1 is 1.44 bits per heavy atom. The van der Waals surface area contributed by atoms with Crippen molar-refractivity contribution in [3.05, 3.63) is 25.4 Å². The zero-order valence-electron chi connectivity index (χ0n) is 9.75. The van der Waals surface area contributed by atoms with Crippen LogP contribution < -0.4 is 4.87 Å². The molecule has 7 heteroatoms. The first-order valence-electron chi connectivity index (χ1n) is 5.40. The Morgan fingerprint density at radius 3 is 2.83 bits per heavy atom. The molecule has 0 radical (unpaired) electrons. The summed E-state index contributed by atoms with van der Waals surface area (Å²) in [6, 6.07) is 0. The van der Waals surface area contributed by atoms with Crippen molar-refractivity contribution >= 4 is 28.6 Å². The van der Waals surface area contributed by atoms with Gasteiger partial charge in [-0.05, 0) is 13.3 Å². The molecular weight excluding hydrogens is 272 g/mol. The van der Waals surface area contributed by atoms with Crippen molar-refractivity contribution in [2.24, 2.45) is 0 Å². The average molecular weight is 284 g/mol. The van der Waals surface area contributed by atoms with Crippen LogP contribution in [-0.4, -0.2) is 20.6 Å². The van der Waals surface area contributed by atoms with E-state index in [1.807, 2.05) is 12.3 Å². The fraction of sp³-hybridized carbons (Fsp3) is 0.364. The zero-order chi connectivity index (χ0) is 13.1. The third-order valence-corrected chi connectivity index (χ3v) is 3.97. The molecule has 1 N–H and O–H groups in total. The highest BCUT2D eigenvalue weighted by Gasteiger charge is 2.11. The molecule has 0 bridgehead atoms. The molecule has 2 rings (SSSR count). The smallest absolute Gasteiger partial charge is 0.307 e. The van der Waals surface area contributed by atoms with E-state index < -0.39 is 5.97 Å². The number of thiazole rings is 2. The predicted molar refractivity (Wildman–Crippen MR) is 71.3 cm³/mol. The summed E-state index contributed by atoms with van der Waals surface area (Å²) in [5.74, 6) is -0.843. The minimum absolute atomic E-state index is 0.0673. The predicted octanol–water partition coefficient (Wildman–Crippen LogP) is 2.21. The molecular formula is C11H12N2O3S2. The van der Waals surface area contributed by atoms with Crippen molar-refractivity contribution in [3.8, 4) is 11.4 Å². The molecule has 0 amide bonds. The molecule has 96 valence electrons. The summed E-state index contributed by atoms with van der Waals surface area (Å²) in [6.07, 6.45) is 0.514. The fourth-order valence-electron chi connectivity index (χ4n) is 1.61. The van der Waals surface area contributed by atoms with E-state index in [9.17, 15) is 9.59 Å². The number of carboxylic acid groups (broad SMARTS) is 1. The summed E-state index contributed by atoms with van der Waals surface area (Å²) >= 11 is 2.65. The van der Waals surface area contributed by atoms with Crippen LogP contribution in [-0.2, 0) is 11.3 Å². The van der Waals surface area contributed by atoms with E-state index in [1.165, 1.54) is 11.3 Å². The van der Waals surface area contributed by atoms with Gasteiger partial charge in [-0.3, -0.25) is 14.2 Å². The van der Waals surface area contributed by atoms with Gasteiger partial charge in [0.1, 0.15) is 0 Å². The van der Waals surface area contributed by atoms with E-state index in [1.54, 1.807) is 9.95 Å². The van der Waals surface area contributed by atoms with Crippen LogP contribution in [0.25, 0.3) is 11.4 Å². The van der Waals surface area contributed by atoms with Crippen molar-refractivity contribution in [2.75, 3.05) is 0 Å². The van der Waals surface area contributed by atoms with Crippen LogP contribution >= 0.6 is 22.7 Å². The maximum Gasteiger partial charge on any atom is 0.307 e. The van der Waals surface area contributed by atoms with Gasteiger partial charge in [-0.15, -0.1) is 11.3 Å². The molecule has 2 aromatic rings. The van der Waals surface area contributed by atoms with Crippen molar-refractivity contribution in [2.45, 2.75) is 26.3 Å². The van der Waals surface area contributed by atoms with Crippen LogP contribution in [0.5, 0.6) is 0 Å². The minimum atomic E-state index is -0.843. The van der Waals surface area contributed by atoms with Gasteiger partial charge >= 0.3 is 10.8 Å². The third-order valence-electron chi connectivity index (χ3n) is 2.44. The number of hydrogen-bond acceptors (Lipinski definition) is 5. The van der Waals surface area contributed by atoms with E-state index in [-0.39, 0.29) is 11.3 Å². The van der Waals surface area contributed by atoms with Crippen LogP contribution in [0.1, 0.15) is 17.8 Å². The van der Waals surface area contributed by atoms with Gasteiger partial charge in [-0.1, -0.05) is 11.3 Å². The summed E-state index contributed by atoms with van der Waals surface area (Å²) in [7, 11) is 0. The molecule has 0 aliphatic carbocycles. The van der Waals surface area contributed by atoms with Gasteiger partial charge in [0.25, 0.3) is 0 Å². The Labute approximate surface area is 111 Å². The number of carboxylic acids is 1. The lowest BCUT2D eigenvalue weighted by Gasteiger charge is -2.04. The Kier molecular flexibility index (Phi) is 3.93. The van der Waals surface area contributed by atoms with Crippen LogP contribution in [0.2, 0.25) is 0 Å². The maximum absolute atomic E-state index is 11.7. The van der Waals surface area contributed by atoms with Gasteiger partial charge in [-0.25, -0.2) is 4.98 Å². The molecule has 0 aliphatic heterocycles. The molecule has 2 aromatic heterocycles. The van der Waals surface area contributed by atoms with Crippen LogP contribution in [0, 0.1) is 6.92 Å². The van der Waals surface area contributed by atoms with Crippen LogP contribution in [0.15, 0.2) is 15.6 Å². The lowest BCUT2D eigenvalue weighted by molar-refractivity contribution is -0.137. The molecule has 0 unspecified atom stereocenters. The Balaban J connectivity index is 2.22. The minimum Gasteiger partial charge on any atom is -0.481 e. The molecule has 0 spiro atoms. The first-order chi connectivity index (χ1) is 8.58. The fourth-order valence-corrected chi connectivity index (χ4v) is 3.00. The van der Waals surface area contributed by atoms with Gasteiger partial charge in [0, 0.05) is 23.7 Å². The lowest BCUT2D eigenvalue weighted by Crippen LogP contribution is -2.15. The zero-order valence-corrected chi connectivity index (χ0v) is 11.4. The molecule has 2 heterocycles. The van der Waals surface area contributed by atoms with E-state index in [2.05, 4.69) is 4.98 Å². The van der Waals surface area contributed by atoms with Gasteiger partial charge in [0.05, 0.1) is 16.4 Å². The number of aliphatic carboxylic acids is 1. The number of hydrogen-bond donors (Lipinski definition) is 1. The topological polar surface area (TPSA) is 72.2 Å². The molecule has 0 aromatic carbocycles. The summed E-state index contributed by atoms with van der Waals surface area (Å²) < 4.78 is 1.60. The number of carbonyl (C=O) groups is 1. The highest BCUT2D eigenvalue weighted by molar-refractivity contribution is 7.10. The second-order valence-electron chi connectivity index (χ2n) is 3.79. The molecule has 0 fully saturated rings.